The van der Waals surface area contributed by atoms with Gasteiger partial charge in [0.2, 0.25) is 5.91 Å². The largest absolute Gasteiger partial charge is 0.379 e. The van der Waals surface area contributed by atoms with Gasteiger partial charge < -0.3 is 10.1 Å². The number of amides is 1. The number of rotatable bonds is 6. The summed E-state index contributed by atoms with van der Waals surface area (Å²) in [6.45, 7) is 10.1. The fourth-order valence-corrected chi connectivity index (χ4v) is 4.65. The SMILES string of the molecule is Cc1c(C#N)c(SCC(=O)NCC(C)(C)N2CCOCC2)nc2c1CCC2. The van der Waals surface area contributed by atoms with Crippen LogP contribution < -0.4 is 5.32 Å². The van der Waals surface area contributed by atoms with Gasteiger partial charge in [0, 0.05) is 30.9 Å². The second kappa shape index (κ2) is 8.59. The lowest BCUT2D eigenvalue weighted by molar-refractivity contribution is -0.119. The first kappa shape index (κ1) is 20.1. The summed E-state index contributed by atoms with van der Waals surface area (Å²) >= 11 is 1.37. The molecule has 0 bridgehead atoms. The number of ether oxygens (including phenoxy) is 1. The standard InChI is InChI=1S/C20H28N4O2S/c1-14-15-5-4-6-17(15)23-19(16(14)11-21)27-12-18(25)22-13-20(2,3)24-7-9-26-10-8-24/h4-10,12-13H2,1-3H3,(H,22,25). The third kappa shape index (κ3) is 4.63. The quantitative estimate of drug-likeness (QED) is 0.752. The lowest BCUT2D eigenvalue weighted by atomic mass is 10.0. The average Bonchev–Trinajstić information content (AvgIpc) is 3.14. The number of pyridine rings is 1. The van der Waals surface area contributed by atoms with Crippen LogP contribution in [-0.2, 0) is 22.4 Å². The lowest BCUT2D eigenvalue weighted by Gasteiger charge is -2.40. The van der Waals surface area contributed by atoms with Crippen LogP contribution in [0.25, 0.3) is 0 Å². The number of morpholine rings is 1. The topological polar surface area (TPSA) is 78.2 Å². The van der Waals surface area contributed by atoms with E-state index < -0.39 is 0 Å². The van der Waals surface area contributed by atoms with Gasteiger partial charge in [0.05, 0.1) is 24.5 Å². The first-order valence-electron chi connectivity index (χ1n) is 9.57. The van der Waals surface area contributed by atoms with Crippen molar-refractivity contribution in [1.82, 2.24) is 15.2 Å². The zero-order valence-corrected chi connectivity index (χ0v) is 17.2. The Labute approximate surface area is 165 Å². The van der Waals surface area contributed by atoms with E-state index in [1.807, 2.05) is 6.92 Å². The highest BCUT2D eigenvalue weighted by Gasteiger charge is 2.28. The number of nitrogens with one attached hydrogen (secondary N) is 1. The van der Waals surface area contributed by atoms with Gasteiger partial charge in [-0.05, 0) is 51.2 Å². The smallest absolute Gasteiger partial charge is 0.230 e. The number of carbonyl (C=O) groups is 1. The average molecular weight is 389 g/mol. The molecule has 1 saturated heterocycles. The second-order valence-corrected chi connectivity index (χ2v) is 8.75. The van der Waals surface area contributed by atoms with E-state index in [9.17, 15) is 10.1 Å². The van der Waals surface area contributed by atoms with Gasteiger partial charge in [-0.2, -0.15) is 5.26 Å². The van der Waals surface area contributed by atoms with E-state index in [4.69, 9.17) is 4.74 Å². The van der Waals surface area contributed by atoms with Crippen LogP contribution in [0, 0.1) is 18.3 Å². The number of hydrogen-bond donors (Lipinski definition) is 1. The van der Waals surface area contributed by atoms with Gasteiger partial charge in [0.25, 0.3) is 0 Å². The van der Waals surface area contributed by atoms with Crippen LogP contribution in [0.5, 0.6) is 0 Å². The van der Waals surface area contributed by atoms with Gasteiger partial charge in [-0.25, -0.2) is 4.98 Å². The Balaban J connectivity index is 1.57. The van der Waals surface area contributed by atoms with Crippen LogP contribution in [0.3, 0.4) is 0 Å². The summed E-state index contributed by atoms with van der Waals surface area (Å²) < 4.78 is 5.41. The zero-order valence-electron chi connectivity index (χ0n) is 16.4. The van der Waals surface area contributed by atoms with Gasteiger partial charge in [-0.3, -0.25) is 9.69 Å². The Morgan fingerprint density at radius 1 is 1.37 bits per heavy atom. The van der Waals surface area contributed by atoms with Gasteiger partial charge in [-0.15, -0.1) is 0 Å². The summed E-state index contributed by atoms with van der Waals surface area (Å²) in [6.07, 6.45) is 3.07. The number of aryl methyl sites for hydroxylation is 1. The normalized spacial score (nSPS) is 17.4. The predicted molar refractivity (Wildman–Crippen MR) is 106 cm³/mol. The van der Waals surface area contributed by atoms with Crippen LogP contribution in [0.2, 0.25) is 0 Å². The third-order valence-corrected chi connectivity index (χ3v) is 6.48. The van der Waals surface area contributed by atoms with Crippen molar-refractivity contribution >= 4 is 17.7 Å². The highest BCUT2D eigenvalue weighted by molar-refractivity contribution is 8.00. The maximum Gasteiger partial charge on any atom is 0.230 e. The Kier molecular flexibility index (Phi) is 6.40. The van der Waals surface area contributed by atoms with Crippen LogP contribution >= 0.6 is 11.8 Å². The van der Waals surface area contributed by atoms with Crippen molar-refractivity contribution < 1.29 is 9.53 Å². The molecule has 3 rings (SSSR count). The molecule has 0 saturated carbocycles. The Morgan fingerprint density at radius 2 is 2.11 bits per heavy atom. The molecule has 1 aromatic rings. The number of carbonyl (C=O) groups excluding carboxylic acids is 1. The Bertz CT molecular complexity index is 751. The summed E-state index contributed by atoms with van der Waals surface area (Å²) in [5.41, 5.74) is 3.89. The van der Waals surface area contributed by atoms with E-state index in [0.29, 0.717) is 17.1 Å². The van der Waals surface area contributed by atoms with E-state index >= 15 is 0 Å². The molecule has 0 aromatic carbocycles. The molecule has 1 aliphatic heterocycles. The van der Waals surface area contributed by atoms with Gasteiger partial charge in [0.1, 0.15) is 11.1 Å². The van der Waals surface area contributed by atoms with Crippen molar-refractivity contribution in [3.05, 3.63) is 22.4 Å². The highest BCUT2D eigenvalue weighted by Crippen LogP contribution is 2.31. The molecule has 0 unspecified atom stereocenters. The minimum Gasteiger partial charge on any atom is -0.379 e. The molecule has 2 heterocycles. The summed E-state index contributed by atoms with van der Waals surface area (Å²) in [6, 6.07) is 2.28. The summed E-state index contributed by atoms with van der Waals surface area (Å²) in [5, 5.41) is 13.3. The molecular weight excluding hydrogens is 360 g/mol. The van der Waals surface area contributed by atoms with Crippen molar-refractivity contribution in [2.45, 2.75) is 50.6 Å². The van der Waals surface area contributed by atoms with Crippen LogP contribution in [0.4, 0.5) is 0 Å². The van der Waals surface area contributed by atoms with Crippen molar-refractivity contribution in [2.75, 3.05) is 38.6 Å². The Morgan fingerprint density at radius 3 is 2.81 bits per heavy atom. The molecular formula is C20H28N4O2S. The van der Waals surface area contributed by atoms with Crippen molar-refractivity contribution in [3.63, 3.8) is 0 Å². The maximum atomic E-state index is 12.4. The molecule has 0 radical (unpaired) electrons. The van der Waals surface area contributed by atoms with Gasteiger partial charge in [-0.1, -0.05) is 11.8 Å². The molecule has 27 heavy (non-hydrogen) atoms. The number of aromatic nitrogens is 1. The molecule has 1 N–H and O–H groups in total. The second-order valence-electron chi connectivity index (χ2n) is 7.78. The van der Waals surface area contributed by atoms with Crippen LogP contribution in [0.1, 0.15) is 42.7 Å². The molecule has 0 spiro atoms. The van der Waals surface area contributed by atoms with E-state index in [-0.39, 0.29) is 17.2 Å². The molecule has 1 aromatic heterocycles. The number of nitrogens with zero attached hydrogens (tertiary/aromatic N) is 3. The predicted octanol–water partition coefficient (Wildman–Crippen LogP) is 2.07. The molecule has 1 fully saturated rings. The van der Waals surface area contributed by atoms with E-state index in [1.165, 1.54) is 17.3 Å². The number of fused-ring (bicyclic) bond motifs is 1. The molecule has 6 nitrogen and oxygen atoms in total. The monoisotopic (exact) mass is 388 g/mol. The number of nitriles is 1. The third-order valence-electron chi connectivity index (χ3n) is 5.50. The van der Waals surface area contributed by atoms with Crippen LogP contribution in [-0.4, -0.2) is 59.9 Å². The molecule has 1 aliphatic carbocycles. The Hall–Kier alpha value is -1.62. The van der Waals surface area contributed by atoms with Crippen molar-refractivity contribution in [1.29, 1.82) is 5.26 Å². The summed E-state index contributed by atoms with van der Waals surface area (Å²) in [5.74, 6) is 0.254. The maximum absolute atomic E-state index is 12.4. The lowest BCUT2D eigenvalue weighted by Crippen LogP contribution is -2.55. The van der Waals surface area contributed by atoms with Crippen LogP contribution in [0.15, 0.2) is 5.03 Å². The minimum absolute atomic E-state index is 0.0230. The first-order valence-corrected chi connectivity index (χ1v) is 10.6. The first-order chi connectivity index (χ1) is 12.9. The van der Waals surface area contributed by atoms with Gasteiger partial charge in [0.15, 0.2) is 0 Å². The van der Waals surface area contributed by atoms with E-state index in [2.05, 4.69) is 35.1 Å². The van der Waals surface area contributed by atoms with Crippen molar-refractivity contribution in [3.8, 4) is 6.07 Å². The fourth-order valence-electron chi connectivity index (χ4n) is 3.76. The summed E-state index contributed by atoms with van der Waals surface area (Å²) in [4.78, 5) is 19.4. The van der Waals surface area contributed by atoms with E-state index in [0.717, 1.165) is 56.8 Å². The van der Waals surface area contributed by atoms with Crippen molar-refractivity contribution in [2.24, 2.45) is 0 Å². The number of hydrogen-bond acceptors (Lipinski definition) is 6. The van der Waals surface area contributed by atoms with E-state index in [1.54, 1.807) is 0 Å². The molecule has 7 heteroatoms. The van der Waals surface area contributed by atoms with Gasteiger partial charge >= 0.3 is 0 Å². The number of thioether (sulfide) groups is 1. The molecule has 1 amide bonds. The molecule has 146 valence electrons. The zero-order chi connectivity index (χ0) is 19.4. The molecule has 0 atom stereocenters. The molecule has 2 aliphatic rings. The minimum atomic E-state index is -0.107. The summed E-state index contributed by atoms with van der Waals surface area (Å²) in [7, 11) is 0. The fraction of sp³-hybridized carbons (Fsp3) is 0.650. The highest BCUT2D eigenvalue weighted by atomic mass is 32.2.